The zero-order valence-electron chi connectivity index (χ0n) is 20.6. The highest BCUT2D eigenvalue weighted by molar-refractivity contribution is 7.95. The summed E-state index contributed by atoms with van der Waals surface area (Å²) in [6, 6.07) is 12.4. The van der Waals surface area contributed by atoms with E-state index >= 15 is 0 Å². The van der Waals surface area contributed by atoms with Crippen molar-refractivity contribution in [2.45, 2.75) is 20.8 Å². The van der Waals surface area contributed by atoms with Crippen LogP contribution in [0.2, 0.25) is 5.15 Å². The third-order valence-electron chi connectivity index (χ3n) is 5.26. The summed E-state index contributed by atoms with van der Waals surface area (Å²) in [7, 11) is -2.57. The normalized spacial score (nSPS) is 11.5. The molecule has 0 aliphatic heterocycles. The van der Waals surface area contributed by atoms with Gasteiger partial charge >= 0.3 is 0 Å². The highest BCUT2D eigenvalue weighted by Crippen LogP contribution is 2.39. The number of hydrogen-bond acceptors (Lipinski definition) is 8. The van der Waals surface area contributed by atoms with Crippen LogP contribution in [-0.4, -0.2) is 35.5 Å². The summed E-state index contributed by atoms with van der Waals surface area (Å²) in [5.74, 6) is 0.593. The van der Waals surface area contributed by atoms with E-state index < -0.39 is 10.0 Å². The number of benzene rings is 2. The SMILES string of the molecule is COc1ccccc1Oc1c(Cl)nc(-c2ncccn2)nc1NS(=O)(=O)/C=C/c1c(C)cc(C)cc1C. The van der Waals surface area contributed by atoms with Crippen molar-refractivity contribution < 1.29 is 17.9 Å². The maximum absolute atomic E-state index is 13.1. The molecular formula is C26H24ClN5O4S. The van der Waals surface area contributed by atoms with Crippen LogP contribution in [0, 0.1) is 20.8 Å². The Kier molecular flexibility index (Phi) is 7.70. The minimum atomic E-state index is -4.05. The first-order valence-electron chi connectivity index (χ1n) is 11.1. The molecule has 0 aliphatic carbocycles. The van der Waals surface area contributed by atoms with Crippen molar-refractivity contribution in [3.8, 4) is 28.9 Å². The average Bonchev–Trinajstić information content (AvgIpc) is 2.85. The lowest BCUT2D eigenvalue weighted by atomic mass is 10.0. The van der Waals surface area contributed by atoms with Crippen LogP contribution in [0.4, 0.5) is 5.82 Å². The topological polar surface area (TPSA) is 116 Å². The Morgan fingerprint density at radius 3 is 2.22 bits per heavy atom. The smallest absolute Gasteiger partial charge is 0.256 e. The number of sulfonamides is 1. The van der Waals surface area contributed by atoms with Gasteiger partial charge in [0.25, 0.3) is 10.0 Å². The summed E-state index contributed by atoms with van der Waals surface area (Å²) in [6.07, 6.45) is 4.56. The number of ether oxygens (including phenoxy) is 2. The van der Waals surface area contributed by atoms with Gasteiger partial charge in [-0.25, -0.2) is 28.4 Å². The molecule has 1 N–H and O–H groups in total. The third kappa shape index (κ3) is 6.22. The number of nitrogens with one attached hydrogen (secondary N) is 1. The van der Waals surface area contributed by atoms with Crippen LogP contribution in [0.25, 0.3) is 17.7 Å². The summed E-state index contributed by atoms with van der Waals surface area (Å²) >= 11 is 6.46. The lowest BCUT2D eigenvalue weighted by molar-refractivity contribution is 0.378. The van der Waals surface area contributed by atoms with Crippen molar-refractivity contribution in [1.29, 1.82) is 0 Å². The van der Waals surface area contributed by atoms with Gasteiger partial charge in [0.15, 0.2) is 28.3 Å². The molecule has 0 saturated carbocycles. The lowest BCUT2D eigenvalue weighted by Gasteiger charge is -2.15. The number of rotatable bonds is 8. The molecule has 37 heavy (non-hydrogen) atoms. The second-order valence-corrected chi connectivity index (χ2v) is 10.0. The minimum absolute atomic E-state index is 0.0184. The molecule has 0 atom stereocenters. The van der Waals surface area contributed by atoms with Crippen LogP contribution in [0.1, 0.15) is 22.3 Å². The lowest BCUT2D eigenvalue weighted by Crippen LogP contribution is -2.13. The van der Waals surface area contributed by atoms with Crippen LogP contribution in [0.3, 0.4) is 0 Å². The van der Waals surface area contributed by atoms with Crippen molar-refractivity contribution in [3.63, 3.8) is 0 Å². The summed E-state index contributed by atoms with van der Waals surface area (Å²) in [5.41, 5.74) is 3.81. The van der Waals surface area contributed by atoms with Gasteiger partial charge in [0.2, 0.25) is 11.6 Å². The van der Waals surface area contributed by atoms with Crippen LogP contribution in [-0.2, 0) is 10.0 Å². The molecule has 0 aliphatic rings. The average molecular weight is 538 g/mol. The van der Waals surface area contributed by atoms with Gasteiger partial charge in [0.05, 0.1) is 12.5 Å². The van der Waals surface area contributed by atoms with E-state index in [2.05, 4.69) is 24.7 Å². The maximum Gasteiger partial charge on any atom is 0.256 e. The van der Waals surface area contributed by atoms with Gasteiger partial charge in [-0.3, -0.25) is 4.72 Å². The number of hydrogen-bond donors (Lipinski definition) is 1. The molecule has 2 heterocycles. The van der Waals surface area contributed by atoms with Gasteiger partial charge in [-0.15, -0.1) is 0 Å². The molecule has 0 amide bonds. The quantitative estimate of drug-likeness (QED) is 0.283. The van der Waals surface area contributed by atoms with E-state index in [4.69, 9.17) is 21.1 Å². The fraction of sp³-hybridized carbons (Fsp3) is 0.154. The summed E-state index contributed by atoms with van der Waals surface area (Å²) in [6.45, 7) is 5.84. The largest absolute Gasteiger partial charge is 0.493 e. The van der Waals surface area contributed by atoms with Crippen LogP contribution in [0.5, 0.6) is 17.2 Å². The Labute approximate surface area is 220 Å². The molecular weight excluding hydrogens is 514 g/mol. The predicted molar refractivity (Wildman–Crippen MR) is 143 cm³/mol. The molecule has 190 valence electrons. The minimum Gasteiger partial charge on any atom is -0.493 e. The van der Waals surface area contributed by atoms with Crippen LogP contribution < -0.4 is 14.2 Å². The van der Waals surface area contributed by atoms with Crippen molar-refractivity contribution in [1.82, 2.24) is 19.9 Å². The van der Waals surface area contributed by atoms with Gasteiger partial charge in [0.1, 0.15) is 0 Å². The summed E-state index contributed by atoms with van der Waals surface area (Å²) < 4.78 is 40.0. The molecule has 11 heteroatoms. The second kappa shape index (κ2) is 10.9. The molecule has 0 radical (unpaired) electrons. The first-order valence-corrected chi connectivity index (χ1v) is 13.0. The van der Waals surface area contributed by atoms with Crippen molar-refractivity contribution in [2.75, 3.05) is 11.8 Å². The predicted octanol–water partition coefficient (Wildman–Crippen LogP) is 5.73. The van der Waals surface area contributed by atoms with Gasteiger partial charge in [0, 0.05) is 12.4 Å². The molecule has 0 bridgehead atoms. The number of methoxy groups -OCH3 is 1. The first kappa shape index (κ1) is 26.1. The summed E-state index contributed by atoms with van der Waals surface area (Å²) in [4.78, 5) is 16.8. The van der Waals surface area contributed by atoms with E-state index in [0.717, 1.165) is 27.7 Å². The Morgan fingerprint density at radius 2 is 1.57 bits per heavy atom. The third-order valence-corrected chi connectivity index (χ3v) is 6.49. The van der Waals surface area contributed by atoms with E-state index in [1.165, 1.54) is 25.6 Å². The summed E-state index contributed by atoms with van der Waals surface area (Å²) in [5, 5.41) is 0.925. The van der Waals surface area contributed by atoms with Crippen LogP contribution in [0.15, 0.2) is 60.3 Å². The van der Waals surface area contributed by atoms with Gasteiger partial charge in [-0.1, -0.05) is 41.4 Å². The number of nitrogens with zero attached hydrogens (tertiary/aromatic N) is 4. The molecule has 0 unspecified atom stereocenters. The number of aryl methyl sites for hydroxylation is 3. The Hall–Kier alpha value is -4.02. The number of aromatic nitrogens is 4. The van der Waals surface area contributed by atoms with Gasteiger partial charge in [-0.05, 0) is 61.7 Å². The molecule has 0 spiro atoms. The van der Waals surface area contributed by atoms with E-state index in [-0.39, 0.29) is 28.4 Å². The van der Waals surface area contributed by atoms with Crippen molar-refractivity contribution in [2.24, 2.45) is 0 Å². The van der Waals surface area contributed by atoms with E-state index in [1.54, 1.807) is 30.3 Å². The molecule has 9 nitrogen and oxygen atoms in total. The highest BCUT2D eigenvalue weighted by atomic mass is 35.5. The van der Waals surface area contributed by atoms with Gasteiger partial charge in [-0.2, -0.15) is 0 Å². The van der Waals surface area contributed by atoms with E-state index in [9.17, 15) is 8.42 Å². The Bertz CT molecular complexity index is 1550. The van der Waals surface area contributed by atoms with E-state index in [1.807, 2.05) is 32.9 Å². The fourth-order valence-corrected chi connectivity index (χ4v) is 4.69. The number of para-hydroxylation sites is 2. The van der Waals surface area contributed by atoms with E-state index in [0.29, 0.717) is 11.5 Å². The fourth-order valence-electron chi connectivity index (χ4n) is 3.69. The number of halogens is 1. The standard InChI is InChI=1S/C26H24ClN5O4S/c1-16-14-17(2)19(18(3)15-16)10-13-37(33,34)32-24-22(36-21-9-6-5-8-20(21)35-4)23(27)30-26(31-24)25-28-11-7-12-29-25/h5-15H,1-4H3,(H,30,31,32)/b13-10+. The molecule has 4 aromatic rings. The van der Waals surface area contributed by atoms with Crippen molar-refractivity contribution >= 4 is 33.5 Å². The molecule has 4 rings (SSSR count). The van der Waals surface area contributed by atoms with Crippen molar-refractivity contribution in [3.05, 3.63) is 87.7 Å². The molecule has 0 fully saturated rings. The molecule has 2 aromatic carbocycles. The highest BCUT2D eigenvalue weighted by Gasteiger charge is 2.22. The number of anilines is 1. The monoisotopic (exact) mass is 537 g/mol. The van der Waals surface area contributed by atoms with Gasteiger partial charge < -0.3 is 9.47 Å². The molecule has 0 saturated heterocycles. The zero-order chi connectivity index (χ0) is 26.6. The Morgan fingerprint density at radius 1 is 0.919 bits per heavy atom. The Balaban J connectivity index is 1.77. The second-order valence-electron chi connectivity index (χ2n) is 8.10. The first-order chi connectivity index (χ1) is 17.7. The zero-order valence-corrected chi connectivity index (χ0v) is 22.1. The van der Waals surface area contributed by atoms with Crippen LogP contribution >= 0.6 is 11.6 Å². The maximum atomic E-state index is 13.1. The molecule has 2 aromatic heterocycles.